The second-order valence-electron chi connectivity index (χ2n) is 2.31. The van der Waals surface area contributed by atoms with Gasteiger partial charge in [-0.05, 0) is 6.92 Å². The highest BCUT2D eigenvalue weighted by Gasteiger charge is 2.01. The molecule has 4 N–H and O–H groups in total. The first-order valence-corrected chi connectivity index (χ1v) is 3.49. The first kappa shape index (κ1) is 9.23. The summed E-state index contributed by atoms with van der Waals surface area (Å²) in [4.78, 5) is 0. The number of nitrogens with zero attached hydrogens (tertiary/aromatic N) is 1. The number of hydrazine groups is 1. The van der Waals surface area contributed by atoms with Gasteiger partial charge >= 0.3 is 0 Å². The summed E-state index contributed by atoms with van der Waals surface area (Å²) in [6, 6.07) is 0. The SMILES string of the molecule is CCN/C(=N\NN)C(C)C. The number of rotatable bonds is 3. The van der Waals surface area contributed by atoms with Gasteiger partial charge in [-0.15, -0.1) is 0 Å². The second-order valence-corrected chi connectivity index (χ2v) is 2.31. The lowest BCUT2D eigenvalue weighted by molar-refractivity contribution is 0.734. The van der Waals surface area contributed by atoms with Crippen LogP contribution < -0.4 is 16.7 Å². The fraction of sp³-hybridized carbons (Fsp3) is 0.833. The fourth-order valence-electron chi connectivity index (χ4n) is 0.623. The zero-order chi connectivity index (χ0) is 7.98. The Balaban J connectivity index is 3.85. The van der Waals surface area contributed by atoms with Crippen LogP contribution in [0, 0.1) is 5.92 Å². The smallest absolute Gasteiger partial charge is 0.126 e. The highest BCUT2D eigenvalue weighted by molar-refractivity contribution is 5.83. The van der Waals surface area contributed by atoms with Crippen LogP contribution in [0.2, 0.25) is 0 Å². The maximum Gasteiger partial charge on any atom is 0.126 e. The van der Waals surface area contributed by atoms with E-state index in [9.17, 15) is 0 Å². The number of hydrazone groups is 1. The van der Waals surface area contributed by atoms with Gasteiger partial charge in [-0.2, -0.15) is 5.10 Å². The third-order valence-electron chi connectivity index (χ3n) is 1.09. The maximum absolute atomic E-state index is 5.02. The summed E-state index contributed by atoms with van der Waals surface area (Å²) in [6.07, 6.45) is 0. The maximum atomic E-state index is 5.02. The molecule has 0 bridgehead atoms. The van der Waals surface area contributed by atoms with Crippen molar-refractivity contribution in [3.63, 3.8) is 0 Å². The van der Waals surface area contributed by atoms with Crippen LogP contribution in [-0.2, 0) is 0 Å². The van der Waals surface area contributed by atoms with E-state index in [1.807, 2.05) is 6.92 Å². The van der Waals surface area contributed by atoms with Crippen molar-refractivity contribution >= 4 is 5.84 Å². The fourth-order valence-corrected chi connectivity index (χ4v) is 0.623. The van der Waals surface area contributed by atoms with Crippen molar-refractivity contribution in [1.29, 1.82) is 0 Å². The highest BCUT2D eigenvalue weighted by atomic mass is 15.5. The normalized spacial score (nSPS) is 11.9. The molecule has 0 saturated heterocycles. The molecule has 4 nitrogen and oxygen atoms in total. The van der Waals surface area contributed by atoms with E-state index in [-0.39, 0.29) is 0 Å². The standard InChI is InChI=1S/C6H16N4/c1-4-8-6(5(2)3)9-10-7/h5,10H,4,7H2,1-3H3,(H,8,9). The Labute approximate surface area is 61.8 Å². The molecule has 10 heavy (non-hydrogen) atoms. The molecule has 0 aliphatic heterocycles. The lowest BCUT2D eigenvalue weighted by Gasteiger charge is -2.09. The molecule has 4 heteroatoms. The summed E-state index contributed by atoms with van der Waals surface area (Å²) in [5.41, 5.74) is 2.26. The molecule has 0 radical (unpaired) electrons. The molecule has 0 amide bonds. The Kier molecular flexibility index (Phi) is 4.66. The summed E-state index contributed by atoms with van der Waals surface area (Å²) >= 11 is 0. The third kappa shape index (κ3) is 3.29. The average molecular weight is 144 g/mol. The largest absolute Gasteiger partial charge is 0.372 e. The summed E-state index contributed by atoms with van der Waals surface area (Å²) in [5, 5.41) is 6.94. The van der Waals surface area contributed by atoms with Crippen molar-refractivity contribution in [3.8, 4) is 0 Å². The van der Waals surface area contributed by atoms with Crippen LogP contribution in [-0.4, -0.2) is 12.4 Å². The first-order valence-electron chi connectivity index (χ1n) is 3.49. The number of hydrogen-bond donors (Lipinski definition) is 3. The Morgan fingerprint density at radius 1 is 1.60 bits per heavy atom. The molecule has 0 atom stereocenters. The minimum Gasteiger partial charge on any atom is -0.372 e. The minimum atomic E-state index is 0.385. The number of amidine groups is 1. The van der Waals surface area contributed by atoms with Crippen molar-refractivity contribution in [1.82, 2.24) is 10.9 Å². The van der Waals surface area contributed by atoms with E-state index >= 15 is 0 Å². The summed E-state index contributed by atoms with van der Waals surface area (Å²) in [5.74, 6) is 6.30. The summed E-state index contributed by atoms with van der Waals surface area (Å²) in [7, 11) is 0. The molecule has 0 aliphatic rings. The summed E-state index contributed by atoms with van der Waals surface area (Å²) in [6.45, 7) is 7.00. The van der Waals surface area contributed by atoms with E-state index in [1.165, 1.54) is 0 Å². The minimum absolute atomic E-state index is 0.385. The second kappa shape index (κ2) is 5.05. The molecule has 0 aromatic carbocycles. The van der Waals surface area contributed by atoms with Gasteiger partial charge in [0.2, 0.25) is 0 Å². The van der Waals surface area contributed by atoms with Crippen LogP contribution in [0.1, 0.15) is 20.8 Å². The van der Waals surface area contributed by atoms with Crippen LogP contribution in [0.25, 0.3) is 0 Å². The van der Waals surface area contributed by atoms with E-state index in [0.29, 0.717) is 5.92 Å². The zero-order valence-electron chi connectivity index (χ0n) is 6.81. The number of nitrogens with one attached hydrogen (secondary N) is 2. The van der Waals surface area contributed by atoms with Gasteiger partial charge in [0.1, 0.15) is 5.84 Å². The van der Waals surface area contributed by atoms with Gasteiger partial charge in [0.15, 0.2) is 0 Å². The predicted molar refractivity (Wildman–Crippen MR) is 43.3 cm³/mol. The Bertz CT molecular complexity index is 108. The first-order chi connectivity index (χ1) is 4.72. The molecule has 60 valence electrons. The van der Waals surface area contributed by atoms with Gasteiger partial charge in [-0.3, -0.25) is 0 Å². The van der Waals surface area contributed by atoms with Crippen molar-refractivity contribution in [2.75, 3.05) is 6.54 Å². The van der Waals surface area contributed by atoms with Gasteiger partial charge in [-0.1, -0.05) is 13.8 Å². The molecule has 0 spiro atoms. The average Bonchev–Trinajstić information content (AvgIpc) is 1.87. The lowest BCUT2D eigenvalue weighted by atomic mass is 10.2. The molecular weight excluding hydrogens is 128 g/mol. The Morgan fingerprint density at radius 3 is 2.50 bits per heavy atom. The van der Waals surface area contributed by atoms with E-state index in [2.05, 4.69) is 29.8 Å². The number of hydrogen-bond acceptors (Lipinski definition) is 3. The molecule has 0 saturated carbocycles. The van der Waals surface area contributed by atoms with Crippen LogP contribution in [0.15, 0.2) is 5.10 Å². The molecule has 0 fully saturated rings. The van der Waals surface area contributed by atoms with E-state index in [0.717, 1.165) is 12.4 Å². The molecule has 0 aliphatic carbocycles. The van der Waals surface area contributed by atoms with Gasteiger partial charge in [0.25, 0.3) is 0 Å². The van der Waals surface area contributed by atoms with Crippen molar-refractivity contribution in [3.05, 3.63) is 0 Å². The van der Waals surface area contributed by atoms with Crippen molar-refractivity contribution in [2.45, 2.75) is 20.8 Å². The molecule has 0 aromatic heterocycles. The van der Waals surface area contributed by atoms with Gasteiger partial charge in [-0.25, -0.2) is 11.4 Å². The van der Waals surface area contributed by atoms with Gasteiger partial charge in [0, 0.05) is 12.5 Å². The molecule has 0 unspecified atom stereocenters. The van der Waals surface area contributed by atoms with Gasteiger partial charge in [0.05, 0.1) is 0 Å². The lowest BCUT2D eigenvalue weighted by Crippen LogP contribution is -2.31. The van der Waals surface area contributed by atoms with Crippen molar-refractivity contribution in [2.24, 2.45) is 16.9 Å². The highest BCUT2D eigenvalue weighted by Crippen LogP contribution is 1.91. The quantitative estimate of drug-likeness (QED) is 0.227. The topological polar surface area (TPSA) is 62.4 Å². The van der Waals surface area contributed by atoms with Crippen LogP contribution in [0.3, 0.4) is 0 Å². The van der Waals surface area contributed by atoms with E-state index < -0.39 is 0 Å². The van der Waals surface area contributed by atoms with E-state index in [4.69, 9.17) is 5.84 Å². The Hall–Kier alpha value is -0.770. The van der Waals surface area contributed by atoms with Crippen molar-refractivity contribution < 1.29 is 0 Å². The monoisotopic (exact) mass is 144 g/mol. The molecule has 0 heterocycles. The van der Waals surface area contributed by atoms with Crippen LogP contribution >= 0.6 is 0 Å². The third-order valence-corrected chi connectivity index (χ3v) is 1.09. The molecule has 0 rings (SSSR count). The summed E-state index contributed by atoms with van der Waals surface area (Å²) < 4.78 is 0. The van der Waals surface area contributed by atoms with Crippen LogP contribution in [0.5, 0.6) is 0 Å². The predicted octanol–water partition coefficient (Wildman–Crippen LogP) is 0.0287. The van der Waals surface area contributed by atoms with Gasteiger partial charge < -0.3 is 5.32 Å². The molecule has 0 aromatic rings. The molecular formula is C6H16N4. The Morgan fingerprint density at radius 2 is 2.20 bits per heavy atom. The van der Waals surface area contributed by atoms with Crippen LogP contribution in [0.4, 0.5) is 0 Å². The van der Waals surface area contributed by atoms with E-state index in [1.54, 1.807) is 0 Å². The number of nitrogens with two attached hydrogens (primary N) is 1. The zero-order valence-corrected chi connectivity index (χ0v) is 6.81.